The Morgan fingerprint density at radius 1 is 1.40 bits per heavy atom. The molecule has 0 aliphatic carbocycles. The van der Waals surface area contributed by atoms with Gasteiger partial charge in [0, 0.05) is 20.6 Å². The number of nitrogens with one attached hydrogen (secondary N) is 1. The summed E-state index contributed by atoms with van der Waals surface area (Å²) in [5, 5.41) is -0.523. The van der Waals surface area contributed by atoms with Crippen molar-refractivity contribution < 1.29 is 13.2 Å². The predicted molar refractivity (Wildman–Crippen MR) is 75.4 cm³/mol. The summed E-state index contributed by atoms with van der Waals surface area (Å²) in [7, 11) is 0. The van der Waals surface area contributed by atoms with E-state index in [1.165, 1.54) is 0 Å². The highest BCUT2D eigenvalue weighted by atomic mass is 79.9. The zero-order valence-electron chi connectivity index (χ0n) is 9.71. The zero-order chi connectivity index (χ0) is 14.9. The number of hydrazine groups is 1. The van der Waals surface area contributed by atoms with Gasteiger partial charge < -0.3 is 0 Å². The Balaban J connectivity index is 2.40. The fourth-order valence-corrected chi connectivity index (χ4v) is 3.26. The first-order valence-electron chi connectivity index (χ1n) is 5.27. The molecular formula is C11H8BrClF3N3S. The third-order valence-corrected chi connectivity index (χ3v) is 4.42. The highest BCUT2D eigenvalue weighted by molar-refractivity contribution is 9.10. The SMILES string of the molecule is NNC(c1cnc(C(F)(F)F)s1)c1ccc(Br)cc1Cl. The van der Waals surface area contributed by atoms with Gasteiger partial charge in [-0.2, -0.15) is 13.2 Å². The molecule has 0 aliphatic heterocycles. The number of aromatic nitrogens is 1. The number of nitrogens with zero attached hydrogens (tertiary/aromatic N) is 1. The number of nitrogens with two attached hydrogens (primary N) is 1. The van der Waals surface area contributed by atoms with Gasteiger partial charge in [0.15, 0.2) is 5.01 Å². The van der Waals surface area contributed by atoms with E-state index in [0.29, 0.717) is 26.8 Å². The first kappa shape index (κ1) is 15.7. The van der Waals surface area contributed by atoms with E-state index in [0.717, 1.165) is 10.7 Å². The highest BCUT2D eigenvalue weighted by Gasteiger charge is 2.35. The molecule has 3 nitrogen and oxygen atoms in total. The third-order valence-electron chi connectivity index (χ3n) is 2.49. The van der Waals surface area contributed by atoms with E-state index in [-0.39, 0.29) is 0 Å². The molecule has 0 radical (unpaired) electrons. The van der Waals surface area contributed by atoms with Crippen molar-refractivity contribution >= 4 is 38.9 Å². The normalized spacial score (nSPS) is 13.5. The van der Waals surface area contributed by atoms with Crippen LogP contribution in [-0.2, 0) is 6.18 Å². The van der Waals surface area contributed by atoms with E-state index in [1.807, 2.05) is 0 Å². The van der Waals surface area contributed by atoms with Crippen LogP contribution in [0.15, 0.2) is 28.9 Å². The van der Waals surface area contributed by atoms with Crippen molar-refractivity contribution in [3.05, 3.63) is 49.3 Å². The maximum absolute atomic E-state index is 12.6. The van der Waals surface area contributed by atoms with Gasteiger partial charge in [0.05, 0.1) is 6.04 Å². The molecule has 0 bridgehead atoms. The first-order valence-corrected chi connectivity index (χ1v) is 7.25. The Morgan fingerprint density at radius 3 is 2.60 bits per heavy atom. The second kappa shape index (κ2) is 5.98. The molecule has 0 fully saturated rings. The molecule has 20 heavy (non-hydrogen) atoms. The summed E-state index contributed by atoms with van der Waals surface area (Å²) in [6.45, 7) is 0. The van der Waals surface area contributed by atoms with Crippen molar-refractivity contribution in [1.82, 2.24) is 10.4 Å². The number of benzene rings is 1. The van der Waals surface area contributed by atoms with Gasteiger partial charge >= 0.3 is 6.18 Å². The van der Waals surface area contributed by atoms with Gasteiger partial charge in [-0.1, -0.05) is 33.6 Å². The van der Waals surface area contributed by atoms with Crippen LogP contribution in [0.2, 0.25) is 5.02 Å². The van der Waals surface area contributed by atoms with Crippen LogP contribution in [0.25, 0.3) is 0 Å². The summed E-state index contributed by atoms with van der Waals surface area (Å²) >= 11 is 9.88. The smallest absolute Gasteiger partial charge is 0.271 e. The van der Waals surface area contributed by atoms with Crippen molar-refractivity contribution in [1.29, 1.82) is 0 Å². The van der Waals surface area contributed by atoms with E-state index < -0.39 is 17.2 Å². The maximum atomic E-state index is 12.6. The minimum absolute atomic E-state index is 0.337. The van der Waals surface area contributed by atoms with Crippen molar-refractivity contribution in [2.45, 2.75) is 12.2 Å². The van der Waals surface area contributed by atoms with Crippen LogP contribution in [0, 0.1) is 0 Å². The standard InChI is InChI=1S/C11H8BrClF3N3S/c12-5-1-2-6(7(13)3-5)9(19-17)8-4-18-10(20-8)11(14,15)16/h1-4,9,19H,17H2. The molecule has 9 heteroatoms. The summed E-state index contributed by atoms with van der Waals surface area (Å²) in [5.74, 6) is 5.44. The molecule has 1 unspecified atom stereocenters. The van der Waals surface area contributed by atoms with E-state index in [2.05, 4.69) is 26.3 Å². The average Bonchev–Trinajstić information content (AvgIpc) is 2.82. The Kier molecular flexibility index (Phi) is 4.70. The van der Waals surface area contributed by atoms with E-state index in [9.17, 15) is 13.2 Å². The lowest BCUT2D eigenvalue weighted by Crippen LogP contribution is -2.28. The second-order valence-corrected chi connectivity index (χ2v) is 6.22. The second-order valence-electron chi connectivity index (χ2n) is 3.83. The lowest BCUT2D eigenvalue weighted by atomic mass is 10.1. The van der Waals surface area contributed by atoms with Gasteiger partial charge in [-0.15, -0.1) is 11.3 Å². The molecule has 1 aromatic carbocycles. The minimum Gasteiger partial charge on any atom is -0.271 e. The van der Waals surface area contributed by atoms with E-state index in [4.69, 9.17) is 17.4 Å². The largest absolute Gasteiger partial charge is 0.443 e. The van der Waals surface area contributed by atoms with Crippen LogP contribution in [0.4, 0.5) is 13.2 Å². The Bertz CT molecular complexity index is 617. The van der Waals surface area contributed by atoms with Crippen molar-refractivity contribution in [3.8, 4) is 0 Å². The van der Waals surface area contributed by atoms with Gasteiger partial charge in [-0.3, -0.25) is 5.84 Å². The van der Waals surface area contributed by atoms with Gasteiger partial charge in [0.2, 0.25) is 0 Å². The molecule has 2 rings (SSSR count). The molecule has 0 saturated carbocycles. The Morgan fingerprint density at radius 2 is 2.10 bits per heavy atom. The van der Waals surface area contributed by atoms with Crippen molar-refractivity contribution in [2.75, 3.05) is 0 Å². The summed E-state index contributed by atoms with van der Waals surface area (Å²) in [6.07, 6.45) is -3.32. The average molecular weight is 387 g/mol. The number of hydrogen-bond donors (Lipinski definition) is 2. The molecule has 3 N–H and O–H groups in total. The number of halogens is 5. The highest BCUT2D eigenvalue weighted by Crippen LogP contribution is 2.37. The number of alkyl halides is 3. The number of hydrogen-bond acceptors (Lipinski definition) is 4. The van der Waals surface area contributed by atoms with Crippen molar-refractivity contribution in [3.63, 3.8) is 0 Å². The fourth-order valence-electron chi connectivity index (χ4n) is 1.61. The van der Waals surface area contributed by atoms with Gasteiger partial charge in [0.25, 0.3) is 0 Å². The third kappa shape index (κ3) is 3.32. The first-order chi connectivity index (χ1) is 9.32. The van der Waals surface area contributed by atoms with Gasteiger partial charge in [-0.25, -0.2) is 10.4 Å². The van der Waals surface area contributed by atoms with Crippen LogP contribution in [0.5, 0.6) is 0 Å². The maximum Gasteiger partial charge on any atom is 0.443 e. The zero-order valence-corrected chi connectivity index (χ0v) is 12.9. The number of rotatable bonds is 3. The van der Waals surface area contributed by atoms with Crippen LogP contribution in [-0.4, -0.2) is 4.98 Å². The van der Waals surface area contributed by atoms with Crippen molar-refractivity contribution in [2.24, 2.45) is 5.84 Å². The van der Waals surface area contributed by atoms with Crippen LogP contribution in [0.3, 0.4) is 0 Å². The molecule has 108 valence electrons. The Labute approximate surface area is 130 Å². The molecule has 0 saturated heterocycles. The monoisotopic (exact) mass is 385 g/mol. The lowest BCUT2D eigenvalue weighted by molar-refractivity contribution is -0.137. The molecule has 0 spiro atoms. The van der Waals surface area contributed by atoms with Crippen LogP contribution < -0.4 is 11.3 Å². The van der Waals surface area contributed by atoms with Gasteiger partial charge in [-0.05, 0) is 17.7 Å². The summed E-state index contributed by atoms with van der Waals surface area (Å²) in [5.41, 5.74) is 3.04. The minimum atomic E-state index is -4.47. The summed E-state index contributed by atoms with van der Waals surface area (Å²) in [6, 6.07) is 4.41. The molecule has 1 aromatic heterocycles. The van der Waals surface area contributed by atoms with Crippen LogP contribution >= 0.6 is 38.9 Å². The van der Waals surface area contributed by atoms with Gasteiger partial charge in [0.1, 0.15) is 0 Å². The molecule has 1 heterocycles. The fraction of sp³-hybridized carbons (Fsp3) is 0.182. The summed E-state index contributed by atoms with van der Waals surface area (Å²) in [4.78, 5) is 3.71. The van der Waals surface area contributed by atoms with Crippen LogP contribution in [0.1, 0.15) is 21.5 Å². The summed E-state index contributed by atoms with van der Waals surface area (Å²) < 4.78 is 38.5. The Hall–Kier alpha value is -0.670. The molecular weight excluding hydrogens is 379 g/mol. The molecule has 0 amide bonds. The van der Waals surface area contributed by atoms with E-state index in [1.54, 1.807) is 18.2 Å². The molecule has 1 atom stereocenters. The predicted octanol–water partition coefficient (Wildman–Crippen LogP) is 4.13. The number of thiazole rings is 1. The lowest BCUT2D eigenvalue weighted by Gasteiger charge is -2.16. The molecule has 0 aliphatic rings. The van der Waals surface area contributed by atoms with E-state index >= 15 is 0 Å². The topological polar surface area (TPSA) is 50.9 Å². The quantitative estimate of drug-likeness (QED) is 0.616. The molecule has 2 aromatic rings.